The highest BCUT2D eigenvalue weighted by atomic mass is 32.2. The fourth-order valence-electron chi connectivity index (χ4n) is 3.54. The van der Waals surface area contributed by atoms with E-state index in [-0.39, 0.29) is 25.9 Å². The van der Waals surface area contributed by atoms with Crippen LogP contribution in [0, 0.1) is 0 Å². The molecule has 1 fully saturated rings. The molecule has 11 nitrogen and oxygen atoms in total. The van der Waals surface area contributed by atoms with Crippen LogP contribution in [-0.4, -0.2) is 52.9 Å². The molecule has 0 aliphatic carbocycles. The number of imide groups is 1. The number of amides is 2. The molecule has 2 heterocycles. The van der Waals surface area contributed by atoms with Crippen LogP contribution in [0.15, 0.2) is 42.5 Å². The summed E-state index contributed by atoms with van der Waals surface area (Å²) in [4.78, 5) is 44.5. The third-order valence-corrected chi connectivity index (χ3v) is 5.82. The SMILES string of the molecule is CC[n+]1c2ccccc2nc2c(OCCCC(=O)ON3C(=O)CCC3=O)cccc21.O=S(=O)([O-])C(F)(F)F. The van der Waals surface area contributed by atoms with E-state index in [2.05, 4.69) is 11.5 Å². The highest BCUT2D eigenvalue weighted by molar-refractivity contribution is 7.86. The standard InChI is InChI=1S/C22H22N3O5.CHF3O3S/c1-2-24-16-8-4-3-7-15(16)23-22-17(24)9-5-10-18(22)29-14-6-11-21(28)30-25-19(26)12-13-20(25)27;2-1(3,4)8(5,6)7/h3-5,7-10H,2,6,11-14H2,1H3;(H,5,6,7)/q+1;/p-1. The quantitative estimate of drug-likeness (QED) is 0.107. The second kappa shape index (κ2) is 11.7. The monoisotopic (exact) mass is 557 g/mol. The van der Waals surface area contributed by atoms with Crippen molar-refractivity contribution in [2.75, 3.05) is 6.61 Å². The zero-order valence-electron chi connectivity index (χ0n) is 19.9. The molecule has 0 N–H and O–H groups in total. The molecular formula is C23H22F3N3O8S. The smallest absolute Gasteiger partial charge is 0.485 e. The van der Waals surface area contributed by atoms with Crippen molar-refractivity contribution in [3.8, 4) is 5.75 Å². The van der Waals surface area contributed by atoms with Crippen LogP contribution < -0.4 is 9.30 Å². The van der Waals surface area contributed by atoms with Gasteiger partial charge in [-0.05, 0) is 25.5 Å². The molecule has 38 heavy (non-hydrogen) atoms. The van der Waals surface area contributed by atoms with E-state index in [9.17, 15) is 27.6 Å². The van der Waals surface area contributed by atoms with Crippen LogP contribution in [0.2, 0.25) is 0 Å². The Labute approximate surface area is 214 Å². The normalized spacial score (nSPS) is 14.0. The molecule has 0 bridgehead atoms. The van der Waals surface area contributed by atoms with E-state index in [0.29, 0.717) is 17.2 Å². The number of alkyl halides is 3. The van der Waals surface area contributed by atoms with E-state index in [1.54, 1.807) is 0 Å². The maximum atomic E-state index is 11.9. The lowest BCUT2D eigenvalue weighted by atomic mass is 10.2. The van der Waals surface area contributed by atoms with Gasteiger partial charge in [0.25, 0.3) is 11.8 Å². The number of hydrogen-bond donors (Lipinski definition) is 0. The van der Waals surface area contributed by atoms with Gasteiger partial charge in [-0.3, -0.25) is 9.59 Å². The summed E-state index contributed by atoms with van der Waals surface area (Å²) in [5.74, 6) is -0.961. The van der Waals surface area contributed by atoms with Gasteiger partial charge in [-0.1, -0.05) is 18.2 Å². The number of aromatic nitrogens is 2. The van der Waals surface area contributed by atoms with Gasteiger partial charge in [0.15, 0.2) is 21.4 Å². The molecule has 4 rings (SSSR count). The molecule has 15 heteroatoms. The number of ether oxygens (including phenoxy) is 1. The Balaban J connectivity index is 0.000000436. The lowest BCUT2D eigenvalue weighted by molar-refractivity contribution is -0.641. The molecule has 0 spiro atoms. The number of halogens is 3. The maximum Gasteiger partial charge on any atom is 0.485 e. The summed E-state index contributed by atoms with van der Waals surface area (Å²) in [6.07, 6.45) is 0.575. The number of para-hydroxylation sites is 3. The Hall–Kier alpha value is -3.85. The number of hydrogen-bond acceptors (Lipinski definition) is 9. The Morgan fingerprint density at radius 3 is 2.29 bits per heavy atom. The minimum absolute atomic E-state index is 0.0349. The Morgan fingerprint density at radius 2 is 1.68 bits per heavy atom. The Morgan fingerprint density at radius 1 is 1.08 bits per heavy atom. The van der Waals surface area contributed by atoms with E-state index in [1.165, 1.54) is 0 Å². The van der Waals surface area contributed by atoms with E-state index in [4.69, 9.17) is 27.5 Å². The molecule has 0 saturated carbocycles. The van der Waals surface area contributed by atoms with Crippen LogP contribution in [0.1, 0.15) is 32.6 Å². The van der Waals surface area contributed by atoms with Crippen LogP contribution in [0.25, 0.3) is 22.1 Å². The average molecular weight is 558 g/mol. The van der Waals surface area contributed by atoms with E-state index < -0.39 is 33.4 Å². The number of carbonyl (C=O) groups is 3. The van der Waals surface area contributed by atoms with Crippen LogP contribution in [0.5, 0.6) is 5.75 Å². The van der Waals surface area contributed by atoms with E-state index in [1.807, 2.05) is 42.5 Å². The van der Waals surface area contributed by atoms with Crippen molar-refractivity contribution in [2.45, 2.75) is 44.7 Å². The summed E-state index contributed by atoms with van der Waals surface area (Å²) in [6, 6.07) is 13.7. The van der Waals surface area contributed by atoms with Crippen molar-refractivity contribution in [1.29, 1.82) is 0 Å². The number of rotatable bonds is 7. The largest absolute Gasteiger partial charge is 0.741 e. The molecule has 0 radical (unpaired) electrons. The fraction of sp³-hybridized carbons (Fsp3) is 0.348. The molecule has 0 unspecified atom stereocenters. The predicted molar refractivity (Wildman–Crippen MR) is 123 cm³/mol. The number of nitrogens with zero attached hydrogens (tertiary/aromatic N) is 3. The number of benzene rings is 2. The van der Waals surface area contributed by atoms with E-state index >= 15 is 0 Å². The molecule has 2 aromatic carbocycles. The van der Waals surface area contributed by atoms with Gasteiger partial charge in [-0.15, -0.1) is 5.06 Å². The van der Waals surface area contributed by atoms with E-state index in [0.717, 1.165) is 28.6 Å². The lowest BCUT2D eigenvalue weighted by Gasteiger charge is -2.12. The van der Waals surface area contributed by atoms with Gasteiger partial charge in [0.05, 0.1) is 13.0 Å². The third kappa shape index (κ3) is 6.72. The van der Waals surface area contributed by atoms with Crippen molar-refractivity contribution in [2.24, 2.45) is 0 Å². The first-order valence-electron chi connectivity index (χ1n) is 11.3. The van der Waals surface area contributed by atoms with Crippen LogP contribution in [-0.2, 0) is 35.9 Å². The van der Waals surface area contributed by atoms with Gasteiger partial charge in [0.1, 0.15) is 12.1 Å². The minimum Gasteiger partial charge on any atom is -0.741 e. The molecular weight excluding hydrogens is 535 g/mol. The van der Waals surface area contributed by atoms with Crippen molar-refractivity contribution in [1.82, 2.24) is 10.0 Å². The molecule has 204 valence electrons. The molecule has 3 aromatic rings. The summed E-state index contributed by atoms with van der Waals surface area (Å²) in [5, 5.41) is 0.562. The molecule has 1 aliphatic rings. The zero-order valence-corrected chi connectivity index (χ0v) is 20.8. The summed E-state index contributed by atoms with van der Waals surface area (Å²) in [6.45, 7) is 3.15. The second-order valence-corrected chi connectivity index (χ2v) is 9.24. The average Bonchev–Trinajstić information content (AvgIpc) is 3.16. The first-order chi connectivity index (χ1) is 17.8. The predicted octanol–water partition coefficient (Wildman–Crippen LogP) is 2.51. The fourth-order valence-corrected chi connectivity index (χ4v) is 3.54. The number of hydroxylamine groups is 2. The first-order valence-corrected chi connectivity index (χ1v) is 12.7. The Bertz CT molecular complexity index is 1460. The zero-order chi connectivity index (χ0) is 28.1. The number of aryl methyl sites for hydroxylation is 1. The van der Waals surface area contributed by atoms with Gasteiger partial charge in [-0.2, -0.15) is 17.7 Å². The second-order valence-electron chi connectivity index (χ2n) is 7.87. The summed E-state index contributed by atoms with van der Waals surface area (Å²) in [5.41, 5.74) is -1.98. The van der Waals surface area contributed by atoms with Crippen molar-refractivity contribution < 1.29 is 54.7 Å². The minimum atomic E-state index is -6.09. The molecule has 1 aromatic heterocycles. The lowest BCUT2D eigenvalue weighted by Crippen LogP contribution is -2.34. The van der Waals surface area contributed by atoms with Gasteiger partial charge in [-0.25, -0.2) is 18.2 Å². The van der Waals surface area contributed by atoms with Gasteiger partial charge < -0.3 is 14.1 Å². The summed E-state index contributed by atoms with van der Waals surface area (Å²) < 4.78 is 67.0. The van der Waals surface area contributed by atoms with Gasteiger partial charge in [0.2, 0.25) is 11.0 Å². The molecule has 2 amide bonds. The van der Waals surface area contributed by atoms with Crippen LogP contribution in [0.4, 0.5) is 13.2 Å². The number of carbonyl (C=O) groups excluding carboxylic acids is 3. The number of fused-ring (bicyclic) bond motifs is 2. The maximum absolute atomic E-state index is 11.9. The summed E-state index contributed by atoms with van der Waals surface area (Å²) in [7, 11) is -6.09. The van der Waals surface area contributed by atoms with Crippen LogP contribution in [0.3, 0.4) is 0 Å². The highest BCUT2D eigenvalue weighted by Crippen LogP contribution is 2.24. The molecule has 0 atom stereocenters. The molecule has 1 saturated heterocycles. The van der Waals surface area contributed by atoms with Gasteiger partial charge in [0, 0.05) is 25.0 Å². The topological polar surface area (TPSA) is 147 Å². The van der Waals surface area contributed by atoms with Crippen molar-refractivity contribution in [3.05, 3.63) is 42.5 Å². The van der Waals surface area contributed by atoms with Gasteiger partial charge >= 0.3 is 11.5 Å². The van der Waals surface area contributed by atoms with Crippen molar-refractivity contribution in [3.63, 3.8) is 0 Å². The Kier molecular flexibility index (Phi) is 8.83. The molecule has 1 aliphatic heterocycles. The summed E-state index contributed by atoms with van der Waals surface area (Å²) >= 11 is 0. The van der Waals surface area contributed by atoms with Crippen molar-refractivity contribution >= 4 is 50.0 Å². The highest BCUT2D eigenvalue weighted by Gasteiger charge is 2.37. The third-order valence-electron chi connectivity index (χ3n) is 5.25. The first kappa shape index (κ1) is 28.7. The van der Waals surface area contributed by atoms with Crippen LogP contribution >= 0.6 is 0 Å².